The second-order valence-corrected chi connectivity index (χ2v) is 4.34. The van der Waals surface area contributed by atoms with Gasteiger partial charge in [0.1, 0.15) is 0 Å². The molecule has 0 amide bonds. The summed E-state index contributed by atoms with van der Waals surface area (Å²) in [6, 6.07) is 0. The van der Waals surface area contributed by atoms with Gasteiger partial charge in [-0.1, -0.05) is 26.0 Å². The molecule has 0 bridgehead atoms. The summed E-state index contributed by atoms with van der Waals surface area (Å²) in [4.78, 5) is 9.73. The molecule has 0 heterocycles. The monoisotopic (exact) mass is 188 g/mol. The molecule has 0 aromatic heterocycles. The lowest BCUT2D eigenvalue weighted by molar-refractivity contribution is -0.138. The van der Waals surface area contributed by atoms with Crippen LogP contribution in [0.1, 0.15) is 20.8 Å². The number of alkyl halides is 1. The van der Waals surface area contributed by atoms with E-state index in [9.17, 15) is 4.79 Å². The first-order valence-corrected chi connectivity index (χ1v) is 4.32. The van der Waals surface area contributed by atoms with Gasteiger partial charge in [0.15, 0.2) is 4.87 Å². The van der Waals surface area contributed by atoms with Gasteiger partial charge in [-0.15, -0.1) is 11.6 Å². The summed E-state index contributed by atoms with van der Waals surface area (Å²) in [6.45, 7) is 5.62. The van der Waals surface area contributed by atoms with Crippen LogP contribution >= 0.6 is 11.6 Å². The van der Waals surface area contributed by atoms with Crippen LogP contribution in [0, 0.1) is 11.3 Å². The fourth-order valence-corrected chi connectivity index (χ4v) is 2.13. The molecule has 1 saturated carbocycles. The molecule has 0 aromatic rings. The zero-order chi connectivity index (χ0) is 9.57. The van der Waals surface area contributed by atoms with Gasteiger partial charge >= 0.3 is 5.97 Å². The van der Waals surface area contributed by atoms with E-state index < -0.39 is 10.8 Å². The zero-order valence-electron chi connectivity index (χ0n) is 7.47. The molecule has 1 aliphatic rings. The van der Waals surface area contributed by atoms with Gasteiger partial charge in [0.25, 0.3) is 0 Å². The van der Waals surface area contributed by atoms with Gasteiger partial charge in [0, 0.05) is 11.3 Å². The van der Waals surface area contributed by atoms with Gasteiger partial charge in [-0.2, -0.15) is 0 Å². The number of aliphatic carboxylic acids is 1. The van der Waals surface area contributed by atoms with Crippen LogP contribution in [0.25, 0.3) is 0 Å². The van der Waals surface area contributed by atoms with Crippen LogP contribution in [0.15, 0.2) is 12.2 Å². The van der Waals surface area contributed by atoms with Crippen molar-refractivity contribution >= 4 is 17.6 Å². The highest BCUT2D eigenvalue weighted by molar-refractivity contribution is 6.37. The molecule has 0 aliphatic heterocycles. The molecule has 0 spiro atoms. The maximum atomic E-state index is 10.8. The summed E-state index contributed by atoms with van der Waals surface area (Å²) < 4.78 is 0. The Morgan fingerprint density at radius 1 is 1.58 bits per heavy atom. The standard InChI is InChI=1S/C9H13ClO2/c1-4-5-6-8(2,3)9(6,10)7(11)12/h4-6H,1-3H3,(H,11,12). The van der Waals surface area contributed by atoms with E-state index in [2.05, 4.69) is 0 Å². The maximum absolute atomic E-state index is 10.8. The molecule has 12 heavy (non-hydrogen) atoms. The summed E-state index contributed by atoms with van der Waals surface area (Å²) in [5.74, 6) is -0.966. The number of carboxylic acid groups (broad SMARTS) is 1. The summed E-state index contributed by atoms with van der Waals surface area (Å²) in [5.41, 5.74) is -0.326. The van der Waals surface area contributed by atoms with Gasteiger partial charge in [0.05, 0.1) is 0 Å². The lowest BCUT2D eigenvalue weighted by Crippen LogP contribution is -2.21. The average Bonchev–Trinajstić information content (AvgIpc) is 2.36. The van der Waals surface area contributed by atoms with Crippen LogP contribution in [-0.2, 0) is 4.79 Å². The van der Waals surface area contributed by atoms with E-state index >= 15 is 0 Å². The van der Waals surface area contributed by atoms with Crippen molar-refractivity contribution in [3.8, 4) is 0 Å². The minimum atomic E-state index is -1.08. The van der Waals surface area contributed by atoms with E-state index in [0.717, 1.165) is 0 Å². The summed E-state index contributed by atoms with van der Waals surface area (Å²) in [7, 11) is 0. The molecule has 1 rings (SSSR count). The number of rotatable bonds is 2. The quantitative estimate of drug-likeness (QED) is 0.533. The third-order valence-corrected chi connectivity index (χ3v) is 3.64. The van der Waals surface area contributed by atoms with Crippen molar-refractivity contribution < 1.29 is 9.90 Å². The molecule has 0 aromatic carbocycles. The molecule has 1 fully saturated rings. The first-order valence-electron chi connectivity index (χ1n) is 3.94. The minimum absolute atomic E-state index is 0.0471. The molecule has 0 saturated heterocycles. The Labute approximate surface area is 77.2 Å². The molecule has 68 valence electrons. The number of carbonyl (C=O) groups is 1. The predicted octanol–water partition coefficient (Wildman–Crippen LogP) is 2.28. The van der Waals surface area contributed by atoms with E-state index in [4.69, 9.17) is 16.7 Å². The topological polar surface area (TPSA) is 37.3 Å². The molecular formula is C9H13ClO2. The molecule has 1 N–H and O–H groups in total. The molecule has 2 unspecified atom stereocenters. The van der Waals surface area contributed by atoms with E-state index in [0.29, 0.717) is 0 Å². The Morgan fingerprint density at radius 3 is 2.33 bits per heavy atom. The molecule has 3 heteroatoms. The first-order chi connectivity index (χ1) is 5.39. The summed E-state index contributed by atoms with van der Waals surface area (Å²) in [5, 5.41) is 8.88. The highest BCUT2D eigenvalue weighted by Gasteiger charge is 2.74. The molecular weight excluding hydrogens is 176 g/mol. The predicted molar refractivity (Wildman–Crippen MR) is 48.3 cm³/mol. The van der Waals surface area contributed by atoms with Crippen LogP contribution < -0.4 is 0 Å². The molecule has 1 aliphatic carbocycles. The van der Waals surface area contributed by atoms with Crippen molar-refractivity contribution in [1.82, 2.24) is 0 Å². The fraction of sp³-hybridized carbons (Fsp3) is 0.667. The van der Waals surface area contributed by atoms with E-state index in [1.165, 1.54) is 0 Å². The second-order valence-electron chi connectivity index (χ2n) is 3.74. The van der Waals surface area contributed by atoms with Crippen molar-refractivity contribution in [3.05, 3.63) is 12.2 Å². The van der Waals surface area contributed by atoms with Crippen LogP contribution in [0.4, 0.5) is 0 Å². The van der Waals surface area contributed by atoms with Crippen molar-refractivity contribution in [3.63, 3.8) is 0 Å². The number of hydrogen-bond acceptors (Lipinski definition) is 1. The lowest BCUT2D eigenvalue weighted by atomic mass is 10.1. The van der Waals surface area contributed by atoms with Crippen molar-refractivity contribution in [1.29, 1.82) is 0 Å². The van der Waals surface area contributed by atoms with Crippen LogP contribution in [0.3, 0.4) is 0 Å². The Balaban J connectivity index is 2.91. The maximum Gasteiger partial charge on any atom is 0.325 e. The molecule has 2 nitrogen and oxygen atoms in total. The van der Waals surface area contributed by atoms with Crippen LogP contribution in [0.2, 0.25) is 0 Å². The highest BCUT2D eigenvalue weighted by Crippen LogP contribution is 2.66. The Kier molecular flexibility index (Phi) is 1.99. The highest BCUT2D eigenvalue weighted by atomic mass is 35.5. The lowest BCUT2D eigenvalue weighted by Gasteiger charge is -2.03. The van der Waals surface area contributed by atoms with Gasteiger partial charge in [0.2, 0.25) is 0 Å². The van der Waals surface area contributed by atoms with Crippen molar-refractivity contribution in [2.45, 2.75) is 25.6 Å². The number of carboxylic acids is 1. The Hall–Kier alpha value is -0.500. The van der Waals surface area contributed by atoms with Crippen LogP contribution in [0.5, 0.6) is 0 Å². The van der Waals surface area contributed by atoms with Gasteiger partial charge < -0.3 is 5.11 Å². The minimum Gasteiger partial charge on any atom is -0.480 e. The van der Waals surface area contributed by atoms with Gasteiger partial charge in [-0.05, 0) is 6.92 Å². The second kappa shape index (κ2) is 2.49. The third-order valence-electron chi connectivity index (χ3n) is 2.76. The van der Waals surface area contributed by atoms with Crippen molar-refractivity contribution in [2.75, 3.05) is 0 Å². The fourth-order valence-electron chi connectivity index (χ4n) is 1.72. The summed E-state index contributed by atoms with van der Waals surface area (Å²) >= 11 is 5.96. The van der Waals surface area contributed by atoms with Crippen molar-refractivity contribution in [2.24, 2.45) is 11.3 Å². The molecule has 2 atom stereocenters. The number of hydrogen-bond donors (Lipinski definition) is 1. The molecule has 0 radical (unpaired) electrons. The zero-order valence-corrected chi connectivity index (χ0v) is 8.22. The van der Waals surface area contributed by atoms with E-state index in [1.807, 2.05) is 32.9 Å². The van der Waals surface area contributed by atoms with Gasteiger partial charge in [-0.25, -0.2) is 0 Å². The largest absolute Gasteiger partial charge is 0.480 e. The van der Waals surface area contributed by atoms with Crippen LogP contribution in [-0.4, -0.2) is 16.0 Å². The SMILES string of the molecule is CC=CC1C(C)(C)C1(Cl)C(=O)O. The number of allylic oxidation sites excluding steroid dienone is 2. The third kappa shape index (κ3) is 0.908. The Bertz CT molecular complexity index is 245. The normalized spacial score (nSPS) is 38.5. The van der Waals surface area contributed by atoms with E-state index in [1.54, 1.807) is 0 Å². The van der Waals surface area contributed by atoms with Gasteiger partial charge in [-0.3, -0.25) is 4.79 Å². The number of halogens is 1. The smallest absolute Gasteiger partial charge is 0.325 e. The average molecular weight is 189 g/mol. The first kappa shape index (κ1) is 9.59. The Morgan fingerprint density at radius 2 is 2.08 bits per heavy atom. The summed E-state index contributed by atoms with van der Waals surface area (Å²) in [6.07, 6.45) is 3.71. The van der Waals surface area contributed by atoms with E-state index in [-0.39, 0.29) is 11.3 Å².